The van der Waals surface area contributed by atoms with Crippen molar-refractivity contribution in [3.63, 3.8) is 0 Å². The van der Waals surface area contributed by atoms with E-state index in [1.54, 1.807) is 31.6 Å². The lowest BCUT2D eigenvalue weighted by Crippen LogP contribution is -2.36. The van der Waals surface area contributed by atoms with Crippen molar-refractivity contribution in [2.24, 2.45) is 0 Å². The van der Waals surface area contributed by atoms with Crippen molar-refractivity contribution >= 4 is 7.26 Å². The molecule has 2 saturated heterocycles. The molecule has 3 heterocycles. The van der Waals surface area contributed by atoms with Crippen molar-refractivity contribution in [3.8, 4) is 0 Å². The van der Waals surface area contributed by atoms with Crippen LogP contribution in [0.1, 0.15) is 25.7 Å². The molecule has 0 radical (unpaired) electrons. The van der Waals surface area contributed by atoms with Gasteiger partial charge in [0.1, 0.15) is 0 Å². The van der Waals surface area contributed by atoms with Gasteiger partial charge >= 0.3 is 0 Å². The zero-order valence-corrected chi connectivity index (χ0v) is 7.24. The first kappa shape index (κ1) is 5.77. The van der Waals surface area contributed by atoms with Gasteiger partial charge in [0.25, 0.3) is 0 Å². The van der Waals surface area contributed by atoms with Gasteiger partial charge in [-0.2, -0.15) is 0 Å². The van der Waals surface area contributed by atoms with Crippen molar-refractivity contribution in [2.45, 2.75) is 30.8 Å². The summed E-state index contributed by atoms with van der Waals surface area (Å²) in [6.45, 7) is 0. The molecule has 0 aliphatic carbocycles. The van der Waals surface area contributed by atoms with E-state index in [2.05, 4.69) is 11.9 Å². The Kier molecular flexibility index (Phi) is 0.869. The highest BCUT2D eigenvalue weighted by Crippen LogP contribution is 2.87. The fourth-order valence-electron chi connectivity index (χ4n) is 3.27. The second-order valence-electron chi connectivity index (χ2n) is 4.15. The van der Waals surface area contributed by atoms with E-state index in [0.717, 1.165) is 5.16 Å². The Morgan fingerprint density at radius 3 is 2.90 bits per heavy atom. The van der Waals surface area contributed by atoms with Gasteiger partial charge in [0.15, 0.2) is 0 Å². The average molecular weight is 153 g/mol. The van der Waals surface area contributed by atoms with Gasteiger partial charge in [-0.05, 0) is 18.9 Å². The molecule has 2 atom stereocenters. The van der Waals surface area contributed by atoms with Crippen LogP contribution in [0, 0.1) is 0 Å². The molecule has 0 aromatic heterocycles. The molecule has 2 unspecified atom stereocenters. The van der Waals surface area contributed by atoms with Crippen LogP contribution in [0.5, 0.6) is 0 Å². The molecule has 3 aliphatic heterocycles. The molecule has 3 aliphatic rings. The normalized spacial score (nSPS) is 56.0. The van der Waals surface area contributed by atoms with Gasteiger partial charge in [0.05, 0.1) is 23.3 Å². The minimum absolute atomic E-state index is 0.393. The van der Waals surface area contributed by atoms with Crippen LogP contribution in [-0.2, 0) is 0 Å². The summed E-state index contributed by atoms with van der Waals surface area (Å²) in [6.07, 6.45) is 11.9. The highest BCUT2D eigenvalue weighted by Gasteiger charge is 2.68. The Morgan fingerprint density at radius 2 is 2.20 bits per heavy atom. The minimum Gasteiger partial charge on any atom is -0.0454 e. The number of hydrogen-bond acceptors (Lipinski definition) is 0. The van der Waals surface area contributed by atoms with E-state index in [9.17, 15) is 0 Å². The zero-order valence-electron chi connectivity index (χ0n) is 6.34. The topological polar surface area (TPSA) is 0 Å². The largest absolute Gasteiger partial charge is 0.0911 e. The first-order chi connectivity index (χ1) is 4.87. The van der Waals surface area contributed by atoms with Gasteiger partial charge in [-0.25, -0.2) is 0 Å². The fraction of sp³-hybridized carbons (Fsp3) is 0.778. The highest BCUT2D eigenvalue weighted by molar-refractivity contribution is 7.82. The second kappa shape index (κ2) is 1.50. The molecule has 0 amide bonds. The van der Waals surface area contributed by atoms with E-state index in [0.29, 0.717) is 0 Å². The van der Waals surface area contributed by atoms with Crippen molar-refractivity contribution in [2.75, 3.05) is 12.3 Å². The van der Waals surface area contributed by atoms with E-state index < -0.39 is 7.26 Å². The molecule has 0 bridgehead atoms. The highest BCUT2D eigenvalue weighted by atomic mass is 31.2. The van der Waals surface area contributed by atoms with Gasteiger partial charge in [-0.1, -0.05) is 0 Å². The van der Waals surface area contributed by atoms with Crippen LogP contribution >= 0.6 is 7.26 Å². The molecule has 0 saturated carbocycles. The van der Waals surface area contributed by atoms with Gasteiger partial charge in [-0.15, -0.1) is 0 Å². The van der Waals surface area contributed by atoms with Crippen molar-refractivity contribution in [3.05, 3.63) is 11.9 Å². The van der Waals surface area contributed by atoms with Crippen LogP contribution in [-0.4, -0.2) is 17.5 Å². The summed E-state index contributed by atoms with van der Waals surface area (Å²) >= 11 is 0. The molecule has 0 spiro atoms. The Bertz CT molecular complexity index is 209. The summed E-state index contributed by atoms with van der Waals surface area (Å²) in [6, 6.07) is 0. The number of hydrogen-bond donors (Lipinski definition) is 0. The monoisotopic (exact) mass is 153 g/mol. The van der Waals surface area contributed by atoms with E-state index in [-0.39, 0.29) is 0 Å². The maximum absolute atomic E-state index is 2.64. The Balaban J connectivity index is 2.10. The van der Waals surface area contributed by atoms with E-state index >= 15 is 0 Å². The average Bonchev–Trinajstić information content (AvgIpc) is 2.16. The SMILES string of the molecule is C1=C[P+]23CCCC2(C1)CC3. The molecule has 10 heavy (non-hydrogen) atoms. The van der Waals surface area contributed by atoms with Crippen LogP contribution in [0.2, 0.25) is 0 Å². The Hall–Kier alpha value is 0.170. The van der Waals surface area contributed by atoms with Crippen molar-refractivity contribution in [1.29, 1.82) is 0 Å². The molecular weight excluding hydrogens is 139 g/mol. The van der Waals surface area contributed by atoms with Gasteiger partial charge in [0, 0.05) is 20.1 Å². The van der Waals surface area contributed by atoms with Crippen LogP contribution in [0.4, 0.5) is 0 Å². The summed E-state index contributed by atoms with van der Waals surface area (Å²) in [7, 11) is -0.393. The predicted octanol–water partition coefficient (Wildman–Crippen LogP) is 2.86. The van der Waals surface area contributed by atoms with Gasteiger partial charge in [-0.3, -0.25) is 0 Å². The maximum atomic E-state index is 2.64. The van der Waals surface area contributed by atoms with E-state index in [4.69, 9.17) is 0 Å². The molecule has 0 N–H and O–H groups in total. The lowest BCUT2D eigenvalue weighted by atomic mass is 9.96. The smallest absolute Gasteiger partial charge is 0.0454 e. The van der Waals surface area contributed by atoms with Crippen molar-refractivity contribution < 1.29 is 0 Å². The van der Waals surface area contributed by atoms with Gasteiger partial charge < -0.3 is 0 Å². The molecule has 3 rings (SSSR count). The third-order valence-corrected chi connectivity index (χ3v) is 9.45. The van der Waals surface area contributed by atoms with Gasteiger partial charge in [0.2, 0.25) is 0 Å². The summed E-state index contributed by atoms with van der Waals surface area (Å²) in [5.41, 5.74) is 0. The summed E-state index contributed by atoms with van der Waals surface area (Å²) in [5, 5.41) is 0.924. The summed E-state index contributed by atoms with van der Waals surface area (Å²) < 4.78 is 0. The minimum atomic E-state index is -0.393. The molecule has 0 aromatic rings. The fourth-order valence-corrected chi connectivity index (χ4v) is 8.32. The Labute approximate surface area is 63.0 Å². The lowest BCUT2D eigenvalue weighted by molar-refractivity contribution is 0.513. The van der Waals surface area contributed by atoms with E-state index in [1.165, 1.54) is 6.42 Å². The number of rotatable bonds is 0. The van der Waals surface area contributed by atoms with Crippen molar-refractivity contribution in [1.82, 2.24) is 0 Å². The summed E-state index contributed by atoms with van der Waals surface area (Å²) in [4.78, 5) is 0. The van der Waals surface area contributed by atoms with Crippen LogP contribution < -0.4 is 0 Å². The summed E-state index contributed by atoms with van der Waals surface area (Å²) in [5.74, 6) is 2.64. The van der Waals surface area contributed by atoms with Crippen LogP contribution in [0.25, 0.3) is 0 Å². The molecule has 54 valence electrons. The first-order valence-corrected chi connectivity index (χ1v) is 6.65. The zero-order chi connectivity index (χ0) is 6.66. The van der Waals surface area contributed by atoms with Crippen LogP contribution in [0.3, 0.4) is 0 Å². The first-order valence-electron chi connectivity index (χ1n) is 4.42. The predicted molar refractivity (Wildman–Crippen MR) is 47.0 cm³/mol. The number of allylic oxidation sites excluding steroid dienone is 1. The molecule has 0 aromatic carbocycles. The second-order valence-corrected chi connectivity index (χ2v) is 8.36. The quantitative estimate of drug-likeness (QED) is 0.469. The van der Waals surface area contributed by atoms with E-state index in [1.807, 2.05) is 0 Å². The molecular formula is C9H14P+. The third kappa shape index (κ3) is 0.406. The molecule has 1 heteroatoms. The maximum Gasteiger partial charge on any atom is 0.0911 e. The standard InChI is InChI=1S/C9H14P/c1-3-9-4-2-7-10(9,6-1)8-5-9/h1,6H,2-5,7-8H2/q+1. The Morgan fingerprint density at radius 1 is 1.20 bits per heavy atom. The third-order valence-electron chi connectivity index (χ3n) is 4.01. The van der Waals surface area contributed by atoms with Crippen LogP contribution in [0.15, 0.2) is 11.9 Å². The molecule has 0 nitrogen and oxygen atoms in total. The lowest BCUT2D eigenvalue weighted by Gasteiger charge is -2.43. The molecule has 2 fully saturated rings.